The molecule has 0 saturated heterocycles. The molecule has 0 aromatic carbocycles. The van der Waals surface area contributed by atoms with Crippen molar-refractivity contribution in [2.24, 2.45) is 16.7 Å². The zero-order valence-corrected chi connectivity index (χ0v) is 12.8. The third-order valence-corrected chi connectivity index (χ3v) is 5.25. The molecule has 0 radical (unpaired) electrons. The molecule has 1 heterocycles. The second-order valence-electron chi connectivity index (χ2n) is 6.79. The van der Waals surface area contributed by atoms with Crippen molar-refractivity contribution in [3.05, 3.63) is 22.9 Å². The summed E-state index contributed by atoms with van der Waals surface area (Å²) in [6.07, 6.45) is 0. The molecule has 1 N–H and O–H groups in total. The fraction of sp³-hybridized carbons (Fsp3) is 0.625. The number of aromatic nitrogens is 1. The number of nitriles is 1. The quantitative estimate of drug-likeness (QED) is 0.899. The van der Waals surface area contributed by atoms with Crippen LogP contribution in [0, 0.1) is 41.9 Å². The molecule has 2 rings (SSSR count). The smallest absolute Gasteiger partial charge is 0.144 e. The maximum atomic E-state index is 9.25. The van der Waals surface area contributed by atoms with E-state index in [1.165, 1.54) is 0 Å². The van der Waals surface area contributed by atoms with Gasteiger partial charge in [-0.25, -0.2) is 4.98 Å². The van der Waals surface area contributed by atoms with Crippen LogP contribution in [0.2, 0.25) is 0 Å². The fourth-order valence-electron chi connectivity index (χ4n) is 3.15. The van der Waals surface area contributed by atoms with Crippen molar-refractivity contribution in [1.82, 2.24) is 4.98 Å². The van der Waals surface area contributed by atoms with Gasteiger partial charge in [-0.2, -0.15) is 5.26 Å². The van der Waals surface area contributed by atoms with Gasteiger partial charge in [0.15, 0.2) is 0 Å². The van der Waals surface area contributed by atoms with Gasteiger partial charge >= 0.3 is 0 Å². The Labute approximate surface area is 116 Å². The summed E-state index contributed by atoms with van der Waals surface area (Å²) in [5, 5.41) is 12.6. The molecule has 0 bridgehead atoms. The highest BCUT2D eigenvalue weighted by Crippen LogP contribution is 2.68. The predicted octanol–water partition coefficient (Wildman–Crippen LogP) is 3.66. The van der Waals surface area contributed by atoms with E-state index < -0.39 is 0 Å². The van der Waals surface area contributed by atoms with Gasteiger partial charge in [0, 0.05) is 12.2 Å². The van der Waals surface area contributed by atoms with Gasteiger partial charge in [0.1, 0.15) is 11.9 Å². The molecule has 0 spiro atoms. The number of nitrogens with zero attached hydrogens (tertiary/aromatic N) is 2. The van der Waals surface area contributed by atoms with Crippen LogP contribution in [-0.4, -0.2) is 11.5 Å². The summed E-state index contributed by atoms with van der Waals surface area (Å²) in [7, 11) is 0. The van der Waals surface area contributed by atoms with Gasteiger partial charge < -0.3 is 5.32 Å². The van der Waals surface area contributed by atoms with E-state index in [9.17, 15) is 5.26 Å². The van der Waals surface area contributed by atoms with E-state index in [1.807, 2.05) is 19.9 Å². The van der Waals surface area contributed by atoms with Gasteiger partial charge in [-0.15, -0.1) is 0 Å². The number of rotatable bonds is 3. The molecule has 3 nitrogen and oxygen atoms in total. The van der Waals surface area contributed by atoms with Crippen molar-refractivity contribution in [3.8, 4) is 6.07 Å². The van der Waals surface area contributed by atoms with E-state index in [4.69, 9.17) is 0 Å². The van der Waals surface area contributed by atoms with Crippen LogP contribution < -0.4 is 5.32 Å². The van der Waals surface area contributed by atoms with Crippen LogP contribution >= 0.6 is 0 Å². The first-order valence-corrected chi connectivity index (χ1v) is 6.84. The first-order chi connectivity index (χ1) is 8.71. The average Bonchev–Trinajstić information content (AvgIpc) is 2.66. The molecule has 1 aliphatic carbocycles. The Hall–Kier alpha value is -1.56. The maximum absolute atomic E-state index is 9.25. The molecule has 0 unspecified atom stereocenters. The second-order valence-corrected chi connectivity index (χ2v) is 6.79. The number of hydrogen-bond acceptors (Lipinski definition) is 3. The topological polar surface area (TPSA) is 48.7 Å². The Morgan fingerprint density at radius 1 is 1.26 bits per heavy atom. The first kappa shape index (κ1) is 13.9. The molecule has 102 valence electrons. The third-order valence-electron chi connectivity index (χ3n) is 5.25. The summed E-state index contributed by atoms with van der Waals surface area (Å²) >= 11 is 0. The predicted molar refractivity (Wildman–Crippen MR) is 78.0 cm³/mol. The van der Waals surface area contributed by atoms with Crippen molar-refractivity contribution in [3.63, 3.8) is 0 Å². The van der Waals surface area contributed by atoms with Crippen LogP contribution in [0.5, 0.6) is 0 Å². The highest BCUT2D eigenvalue weighted by Gasteiger charge is 2.64. The highest BCUT2D eigenvalue weighted by atomic mass is 15.0. The lowest BCUT2D eigenvalue weighted by molar-refractivity contribution is 0.457. The zero-order valence-electron chi connectivity index (χ0n) is 12.8. The van der Waals surface area contributed by atoms with Gasteiger partial charge in [0.25, 0.3) is 0 Å². The van der Waals surface area contributed by atoms with E-state index in [0.717, 1.165) is 23.6 Å². The fourth-order valence-corrected chi connectivity index (χ4v) is 3.15. The number of nitrogens with one attached hydrogen (secondary N) is 1. The number of pyridine rings is 1. The highest BCUT2D eigenvalue weighted by molar-refractivity contribution is 5.56. The molecular weight excluding hydrogens is 234 g/mol. The Kier molecular flexibility index (Phi) is 3.09. The number of aryl methyl sites for hydroxylation is 2. The summed E-state index contributed by atoms with van der Waals surface area (Å²) in [5.41, 5.74) is 3.32. The van der Waals surface area contributed by atoms with E-state index >= 15 is 0 Å². The van der Waals surface area contributed by atoms with Gasteiger partial charge in [-0.3, -0.25) is 0 Å². The van der Waals surface area contributed by atoms with Gasteiger partial charge in [0.2, 0.25) is 0 Å². The molecule has 1 fully saturated rings. The van der Waals surface area contributed by atoms with E-state index in [1.54, 1.807) is 0 Å². The van der Waals surface area contributed by atoms with Crippen LogP contribution in [-0.2, 0) is 0 Å². The molecule has 0 atom stereocenters. The van der Waals surface area contributed by atoms with Crippen molar-refractivity contribution in [2.45, 2.75) is 41.5 Å². The second kappa shape index (κ2) is 4.23. The molecule has 3 heteroatoms. The summed E-state index contributed by atoms with van der Waals surface area (Å²) in [6.45, 7) is 14.0. The molecule has 19 heavy (non-hydrogen) atoms. The molecule has 1 saturated carbocycles. The van der Waals surface area contributed by atoms with Crippen LogP contribution in [0.3, 0.4) is 0 Å². The average molecular weight is 257 g/mol. The summed E-state index contributed by atoms with van der Waals surface area (Å²) in [5.74, 6) is 1.35. The van der Waals surface area contributed by atoms with Gasteiger partial charge in [-0.1, -0.05) is 27.7 Å². The largest absolute Gasteiger partial charge is 0.369 e. The lowest BCUT2D eigenvalue weighted by Gasteiger charge is -2.11. The molecule has 1 aromatic rings. The van der Waals surface area contributed by atoms with E-state index in [-0.39, 0.29) is 0 Å². The third kappa shape index (κ3) is 2.10. The first-order valence-electron chi connectivity index (χ1n) is 6.84. The van der Waals surface area contributed by atoms with Gasteiger partial charge in [0.05, 0.1) is 5.56 Å². The minimum absolute atomic E-state index is 0.353. The van der Waals surface area contributed by atoms with Crippen molar-refractivity contribution in [2.75, 3.05) is 11.9 Å². The van der Waals surface area contributed by atoms with Crippen LogP contribution in [0.1, 0.15) is 44.5 Å². The van der Waals surface area contributed by atoms with E-state index in [0.29, 0.717) is 22.3 Å². The Morgan fingerprint density at radius 2 is 1.84 bits per heavy atom. The Bertz CT molecular complexity index is 536. The Balaban J connectivity index is 2.16. The monoisotopic (exact) mass is 257 g/mol. The molecule has 0 aliphatic heterocycles. The molecular formula is C16H23N3. The van der Waals surface area contributed by atoms with Crippen molar-refractivity contribution in [1.29, 1.82) is 5.26 Å². The SMILES string of the molecule is Cc1cc(C)c(C#N)c(NCC2C(C)(C)C2(C)C)n1. The van der Waals surface area contributed by atoms with Crippen molar-refractivity contribution >= 4 is 5.82 Å². The molecule has 1 aliphatic rings. The van der Waals surface area contributed by atoms with Crippen molar-refractivity contribution < 1.29 is 0 Å². The lowest BCUT2D eigenvalue weighted by Crippen LogP contribution is -2.11. The minimum Gasteiger partial charge on any atom is -0.369 e. The minimum atomic E-state index is 0.353. The molecule has 0 amide bonds. The molecule has 1 aromatic heterocycles. The summed E-state index contributed by atoms with van der Waals surface area (Å²) in [4.78, 5) is 4.47. The Morgan fingerprint density at radius 3 is 2.32 bits per heavy atom. The summed E-state index contributed by atoms with van der Waals surface area (Å²) in [6, 6.07) is 4.20. The van der Waals surface area contributed by atoms with Crippen LogP contribution in [0.25, 0.3) is 0 Å². The summed E-state index contributed by atoms with van der Waals surface area (Å²) < 4.78 is 0. The van der Waals surface area contributed by atoms with Gasteiger partial charge in [-0.05, 0) is 42.2 Å². The van der Waals surface area contributed by atoms with Crippen LogP contribution in [0.15, 0.2) is 6.07 Å². The maximum Gasteiger partial charge on any atom is 0.144 e. The zero-order chi connectivity index (χ0) is 14.4. The van der Waals surface area contributed by atoms with Crippen LogP contribution in [0.4, 0.5) is 5.82 Å². The standard InChI is InChI=1S/C16H23N3/c1-10-7-11(2)19-14(12(10)8-17)18-9-13-15(3,4)16(13,5)6/h7,13H,9H2,1-6H3,(H,18,19). The van der Waals surface area contributed by atoms with E-state index in [2.05, 4.69) is 44.1 Å². The number of anilines is 1. The normalized spacial score (nSPS) is 19.8. The lowest BCUT2D eigenvalue weighted by atomic mass is 10.0. The number of hydrogen-bond donors (Lipinski definition) is 1.